The molecule has 4 atom stereocenters. The van der Waals surface area contributed by atoms with Gasteiger partial charge in [-0.15, -0.1) is 0 Å². The van der Waals surface area contributed by atoms with Crippen LogP contribution in [0.1, 0.15) is 6.23 Å². The summed E-state index contributed by atoms with van der Waals surface area (Å²) in [7, 11) is -4.17. The van der Waals surface area contributed by atoms with Crippen molar-refractivity contribution in [2.24, 2.45) is 5.73 Å². The van der Waals surface area contributed by atoms with Crippen molar-refractivity contribution in [3.63, 3.8) is 0 Å². The number of nitrogens with one attached hydrogen (secondary N) is 1. The van der Waals surface area contributed by atoms with Crippen LogP contribution in [-0.2, 0) is 19.0 Å². The lowest BCUT2D eigenvalue weighted by atomic mass is 9.89. The van der Waals surface area contributed by atoms with Crippen molar-refractivity contribution in [3.05, 3.63) is 44.2 Å². The molecular formula is C11H13N3O8S. The average Bonchev–Trinajstić information content (AvgIpc) is 2.86. The number of aliphatic hydroxyl groups excluding tert-OH is 2. The van der Waals surface area contributed by atoms with E-state index >= 15 is 0 Å². The summed E-state index contributed by atoms with van der Waals surface area (Å²) in [6, 6.07) is 1.02. The lowest BCUT2D eigenvalue weighted by Crippen LogP contribution is -2.53. The Morgan fingerprint density at radius 3 is 2.65 bits per heavy atom. The highest BCUT2D eigenvalue weighted by Gasteiger charge is 2.64. The van der Waals surface area contributed by atoms with E-state index < -0.39 is 52.0 Å². The topological polar surface area (TPSA) is 174 Å². The van der Waals surface area contributed by atoms with Gasteiger partial charge in [0.25, 0.3) is 15.7 Å². The first-order chi connectivity index (χ1) is 10.7. The molecule has 11 nitrogen and oxygen atoms in total. The van der Waals surface area contributed by atoms with E-state index in [0.717, 1.165) is 16.8 Å². The number of hydrogen-bond donors (Lipinski definition) is 4. The molecule has 5 N–H and O–H groups in total. The minimum Gasteiger partial charge on any atom is -0.399 e. The van der Waals surface area contributed by atoms with Gasteiger partial charge in [-0.2, -0.15) is 8.42 Å². The van der Waals surface area contributed by atoms with Gasteiger partial charge >= 0.3 is 5.69 Å². The molecule has 0 amide bonds. The monoisotopic (exact) mass is 347 g/mol. The van der Waals surface area contributed by atoms with Gasteiger partial charge < -0.3 is 20.7 Å². The smallest absolute Gasteiger partial charge is 0.330 e. The largest absolute Gasteiger partial charge is 0.399 e. The van der Waals surface area contributed by atoms with Crippen LogP contribution in [0, 0.1) is 0 Å². The summed E-state index contributed by atoms with van der Waals surface area (Å²) in [5.74, 6) is 0. The van der Waals surface area contributed by atoms with Crippen molar-refractivity contribution in [2.45, 2.75) is 24.0 Å². The Hall–Kier alpha value is -1.99. The highest BCUT2D eigenvalue weighted by Crippen LogP contribution is 2.46. The Balaban J connectivity index is 2.10. The molecule has 0 radical (unpaired) electrons. The molecule has 0 saturated carbocycles. The summed E-state index contributed by atoms with van der Waals surface area (Å²) in [5, 5.41) is 20.5. The lowest BCUT2D eigenvalue weighted by molar-refractivity contribution is -0.0590. The summed E-state index contributed by atoms with van der Waals surface area (Å²) in [5.41, 5.74) is 1.71. The van der Waals surface area contributed by atoms with Gasteiger partial charge in [-0.25, -0.2) is 8.98 Å². The van der Waals surface area contributed by atoms with Crippen LogP contribution in [0.3, 0.4) is 0 Å². The summed E-state index contributed by atoms with van der Waals surface area (Å²) in [6.45, 7) is -0.726. The predicted molar refractivity (Wildman–Crippen MR) is 73.3 cm³/mol. The van der Waals surface area contributed by atoms with Gasteiger partial charge in [0.1, 0.15) is 12.2 Å². The molecule has 12 heteroatoms. The molecule has 1 aromatic heterocycles. The summed E-state index contributed by atoms with van der Waals surface area (Å²) >= 11 is 0. The van der Waals surface area contributed by atoms with E-state index in [2.05, 4.69) is 0 Å². The Morgan fingerprint density at radius 1 is 1.43 bits per heavy atom. The molecule has 1 aromatic rings. The van der Waals surface area contributed by atoms with Gasteiger partial charge in [0, 0.05) is 12.3 Å². The standard InChI is InChI=1S/C11H13N3O8S/c12-5-4-23(19,20)22-11(5)6(3-15)21-9(8(11)17)14-2-1-7(16)13-10(14)18/h1-2,4,6,8-9,15,17H,3,12H2,(H,13,16,18)/t6-,8+,9-,11+/m1/s1. The molecule has 1 fully saturated rings. The van der Waals surface area contributed by atoms with Crippen LogP contribution in [-0.4, -0.2) is 52.6 Å². The van der Waals surface area contributed by atoms with Crippen molar-refractivity contribution in [2.75, 3.05) is 6.61 Å². The minimum absolute atomic E-state index is 0.357. The maximum Gasteiger partial charge on any atom is 0.330 e. The molecule has 3 rings (SSSR count). The number of rotatable bonds is 2. The Morgan fingerprint density at radius 2 is 2.13 bits per heavy atom. The Bertz CT molecular complexity index is 887. The van der Waals surface area contributed by atoms with Crippen molar-refractivity contribution < 1.29 is 27.6 Å². The second-order valence-corrected chi connectivity index (χ2v) is 6.49. The third-order valence-corrected chi connectivity index (χ3v) is 4.81. The van der Waals surface area contributed by atoms with Gasteiger partial charge in [0.2, 0.25) is 0 Å². The first-order valence-corrected chi connectivity index (χ1v) is 7.87. The van der Waals surface area contributed by atoms with Gasteiger partial charge in [0.05, 0.1) is 17.7 Å². The molecule has 0 bridgehead atoms. The third-order valence-electron chi connectivity index (χ3n) is 3.76. The van der Waals surface area contributed by atoms with Gasteiger partial charge in [-0.3, -0.25) is 14.3 Å². The number of nitrogens with two attached hydrogens (primary N) is 1. The fraction of sp³-hybridized carbons (Fsp3) is 0.455. The average molecular weight is 347 g/mol. The molecule has 23 heavy (non-hydrogen) atoms. The quantitative estimate of drug-likeness (QED) is 0.399. The van der Waals surface area contributed by atoms with Crippen LogP contribution in [0.2, 0.25) is 0 Å². The number of ether oxygens (including phenoxy) is 1. The zero-order valence-electron chi connectivity index (χ0n) is 11.4. The number of aromatic nitrogens is 2. The van der Waals surface area contributed by atoms with Gasteiger partial charge in [-0.05, 0) is 0 Å². The molecule has 0 unspecified atom stereocenters. The van der Waals surface area contributed by atoms with E-state index in [-0.39, 0.29) is 5.70 Å². The molecular weight excluding hydrogens is 334 g/mol. The lowest BCUT2D eigenvalue weighted by Gasteiger charge is -2.30. The van der Waals surface area contributed by atoms with Crippen LogP contribution >= 0.6 is 0 Å². The second kappa shape index (κ2) is 5.01. The maximum absolute atomic E-state index is 11.8. The predicted octanol–water partition coefficient (Wildman–Crippen LogP) is -3.31. The number of aliphatic hydroxyl groups is 2. The van der Waals surface area contributed by atoms with Crippen LogP contribution in [0.5, 0.6) is 0 Å². The van der Waals surface area contributed by atoms with Gasteiger partial charge in [-0.1, -0.05) is 0 Å². The zero-order chi connectivity index (χ0) is 17.0. The summed E-state index contributed by atoms with van der Waals surface area (Å²) < 4.78 is 34.3. The molecule has 3 heterocycles. The number of H-pyrrole nitrogens is 1. The van der Waals surface area contributed by atoms with Crippen molar-refractivity contribution in [1.29, 1.82) is 0 Å². The zero-order valence-corrected chi connectivity index (χ0v) is 12.3. The molecule has 0 aliphatic carbocycles. The highest BCUT2D eigenvalue weighted by molar-refractivity contribution is 7.90. The van der Waals surface area contributed by atoms with E-state index in [9.17, 15) is 28.2 Å². The van der Waals surface area contributed by atoms with Crippen LogP contribution in [0.25, 0.3) is 0 Å². The maximum atomic E-state index is 11.8. The van der Waals surface area contributed by atoms with Crippen LogP contribution in [0.4, 0.5) is 0 Å². The summed E-state index contributed by atoms with van der Waals surface area (Å²) in [4.78, 5) is 24.9. The molecule has 1 saturated heterocycles. The highest BCUT2D eigenvalue weighted by atomic mass is 32.2. The molecule has 2 aliphatic rings. The van der Waals surface area contributed by atoms with Crippen molar-refractivity contribution in [1.82, 2.24) is 9.55 Å². The minimum atomic E-state index is -4.17. The van der Waals surface area contributed by atoms with Crippen molar-refractivity contribution in [3.8, 4) is 0 Å². The van der Waals surface area contributed by atoms with E-state index in [4.69, 9.17) is 14.7 Å². The third kappa shape index (κ3) is 2.22. The molecule has 126 valence electrons. The van der Waals surface area contributed by atoms with E-state index in [1.54, 1.807) is 0 Å². The fourth-order valence-electron chi connectivity index (χ4n) is 2.74. The number of aromatic amines is 1. The number of nitrogens with zero attached hydrogens (tertiary/aromatic N) is 1. The SMILES string of the molecule is NC1=CS(=O)(=O)O[C@]12[C@@H](CO)O[C@@H](n1ccc(=O)[nH]c1=O)[C@@H]2O. The first-order valence-electron chi connectivity index (χ1n) is 6.40. The van der Waals surface area contributed by atoms with E-state index in [0.29, 0.717) is 5.41 Å². The van der Waals surface area contributed by atoms with E-state index in [1.165, 1.54) is 0 Å². The second-order valence-electron chi connectivity index (χ2n) is 5.10. The van der Waals surface area contributed by atoms with E-state index in [1.807, 2.05) is 4.98 Å². The number of hydrogen-bond acceptors (Lipinski definition) is 9. The Labute approximate surface area is 128 Å². The Kier molecular flexibility index (Phi) is 3.46. The van der Waals surface area contributed by atoms with Crippen LogP contribution in [0.15, 0.2) is 33.0 Å². The van der Waals surface area contributed by atoms with Crippen molar-refractivity contribution >= 4 is 10.1 Å². The first kappa shape index (κ1) is 15.9. The fourth-order valence-corrected chi connectivity index (χ4v) is 3.97. The molecule has 1 spiro atoms. The molecule has 2 aliphatic heterocycles. The molecule has 0 aromatic carbocycles. The summed E-state index contributed by atoms with van der Waals surface area (Å²) in [6.07, 6.45) is -3.42. The van der Waals surface area contributed by atoms with Crippen LogP contribution < -0.4 is 17.0 Å². The normalized spacial score (nSPS) is 35.6. The van der Waals surface area contributed by atoms with Gasteiger partial charge in [0.15, 0.2) is 11.8 Å².